The topological polar surface area (TPSA) is 84.5 Å². The molecule has 1 aliphatic heterocycles. The number of nitrogens with one attached hydrogen (secondary N) is 2. The number of carbonyl (C=O) groups excluding carboxylic acids is 3. The van der Waals surface area contributed by atoms with Crippen molar-refractivity contribution in [1.29, 1.82) is 0 Å². The minimum absolute atomic E-state index is 0.0241. The third-order valence-corrected chi connectivity index (χ3v) is 7.71. The Morgan fingerprint density at radius 3 is 2.67 bits per heavy atom. The van der Waals surface area contributed by atoms with E-state index >= 15 is 0 Å². The van der Waals surface area contributed by atoms with E-state index in [1.54, 1.807) is 24.3 Å². The molecule has 154 valence electrons. The van der Waals surface area contributed by atoms with Crippen molar-refractivity contribution in [2.75, 3.05) is 5.32 Å². The first-order valence-electron chi connectivity index (χ1n) is 10.1. The van der Waals surface area contributed by atoms with Crippen LogP contribution in [-0.2, 0) is 20.9 Å². The Morgan fingerprint density at radius 2 is 1.87 bits per heavy atom. The molecular weight excluding hydrogens is 448 g/mol. The van der Waals surface area contributed by atoms with E-state index < -0.39 is 5.92 Å². The third-order valence-electron chi connectivity index (χ3n) is 6.51. The minimum Gasteiger partial charge on any atom is -0.461 e. The second kappa shape index (κ2) is 7.54. The zero-order valence-corrected chi connectivity index (χ0v) is 17.7. The highest BCUT2D eigenvalue weighted by molar-refractivity contribution is 9.09. The molecule has 2 saturated carbocycles. The molecule has 2 amide bonds. The minimum atomic E-state index is -0.402. The van der Waals surface area contributed by atoms with Gasteiger partial charge in [-0.1, -0.05) is 52.3 Å². The van der Waals surface area contributed by atoms with Crippen molar-refractivity contribution < 1.29 is 19.1 Å². The predicted octanol–water partition coefficient (Wildman–Crippen LogP) is 3.13. The number of fused-ring (bicyclic) bond motifs is 1. The van der Waals surface area contributed by atoms with E-state index in [0.29, 0.717) is 17.8 Å². The fraction of sp³-hybridized carbons (Fsp3) is 0.348. The van der Waals surface area contributed by atoms with Gasteiger partial charge in [0.15, 0.2) is 0 Å². The molecule has 30 heavy (non-hydrogen) atoms. The van der Waals surface area contributed by atoms with Crippen molar-refractivity contribution >= 4 is 39.4 Å². The standard InChI is InChI=1S/C23H21BrN2O4/c24-19-15-10-16-18(23(29)30-20(16)19)17(15)22(28)26-14-8-4-7-13(9-14)21(27)25-11-12-5-2-1-3-6-12/h1-9,15-20H,10-11H2,(H,25,27)(H,26,28)/t15-,16-,17-,18-,19-,20+/m1/s1. The largest absolute Gasteiger partial charge is 0.461 e. The number of ether oxygens (including phenoxy) is 1. The van der Waals surface area contributed by atoms with Gasteiger partial charge in [-0.3, -0.25) is 14.4 Å². The summed E-state index contributed by atoms with van der Waals surface area (Å²) < 4.78 is 5.48. The summed E-state index contributed by atoms with van der Waals surface area (Å²) in [5.41, 5.74) is 2.03. The van der Waals surface area contributed by atoms with Gasteiger partial charge < -0.3 is 15.4 Å². The van der Waals surface area contributed by atoms with Crippen LogP contribution in [0.4, 0.5) is 5.69 Å². The Labute approximate surface area is 182 Å². The van der Waals surface area contributed by atoms with Crippen LogP contribution in [0, 0.1) is 23.7 Å². The van der Waals surface area contributed by atoms with Crippen molar-refractivity contribution in [3.63, 3.8) is 0 Å². The second-order valence-electron chi connectivity index (χ2n) is 8.20. The highest BCUT2D eigenvalue weighted by Crippen LogP contribution is 2.60. The van der Waals surface area contributed by atoms with Gasteiger partial charge in [0.2, 0.25) is 5.91 Å². The molecule has 6 nitrogen and oxygen atoms in total. The number of hydrogen-bond acceptors (Lipinski definition) is 4. The Hall–Kier alpha value is -2.67. The van der Waals surface area contributed by atoms with Crippen LogP contribution in [0.2, 0.25) is 0 Å². The molecule has 6 atom stereocenters. The van der Waals surface area contributed by atoms with Gasteiger partial charge in [-0.2, -0.15) is 0 Å². The van der Waals surface area contributed by atoms with E-state index in [9.17, 15) is 14.4 Å². The van der Waals surface area contributed by atoms with Crippen LogP contribution >= 0.6 is 15.9 Å². The molecule has 1 saturated heterocycles. The molecule has 2 bridgehead atoms. The van der Waals surface area contributed by atoms with Crippen molar-refractivity contribution in [3.8, 4) is 0 Å². The lowest BCUT2D eigenvalue weighted by atomic mass is 9.79. The monoisotopic (exact) mass is 468 g/mol. The van der Waals surface area contributed by atoms with E-state index in [4.69, 9.17) is 4.74 Å². The maximum Gasteiger partial charge on any atom is 0.310 e. The average molecular weight is 469 g/mol. The Kier molecular flexibility index (Phi) is 4.85. The molecule has 2 aromatic rings. The fourth-order valence-corrected chi connectivity index (χ4v) is 6.22. The molecule has 1 heterocycles. The van der Waals surface area contributed by atoms with Gasteiger partial charge in [-0.05, 0) is 36.1 Å². The second-order valence-corrected chi connectivity index (χ2v) is 9.26. The summed E-state index contributed by atoms with van der Waals surface area (Å²) >= 11 is 3.63. The van der Waals surface area contributed by atoms with E-state index in [1.165, 1.54) is 0 Å². The Balaban J connectivity index is 1.26. The zero-order chi connectivity index (χ0) is 20.8. The summed E-state index contributed by atoms with van der Waals surface area (Å²) in [5, 5.41) is 5.80. The molecule has 0 unspecified atom stereocenters. The SMILES string of the molecule is O=C(NCc1ccccc1)c1cccc(NC(=O)[C@@H]2[C@H]3C[C@H]4[C@H](OC(=O)[C@H]42)[C@@H]3Br)c1. The molecule has 5 rings (SSSR count). The van der Waals surface area contributed by atoms with Gasteiger partial charge in [-0.15, -0.1) is 0 Å². The average Bonchev–Trinajstić information content (AvgIpc) is 3.37. The molecule has 2 N–H and O–H groups in total. The lowest BCUT2D eigenvalue weighted by Crippen LogP contribution is -2.40. The normalized spacial score (nSPS) is 30.8. The van der Waals surface area contributed by atoms with E-state index in [2.05, 4.69) is 26.6 Å². The van der Waals surface area contributed by atoms with Crippen LogP contribution in [0.5, 0.6) is 0 Å². The van der Waals surface area contributed by atoms with Crippen LogP contribution < -0.4 is 10.6 Å². The molecule has 2 aliphatic carbocycles. The van der Waals surface area contributed by atoms with Crippen LogP contribution in [0.1, 0.15) is 22.3 Å². The highest BCUT2D eigenvalue weighted by atomic mass is 79.9. The molecular formula is C23H21BrN2O4. The number of rotatable bonds is 5. The van der Waals surface area contributed by atoms with E-state index in [-0.39, 0.29) is 46.5 Å². The maximum atomic E-state index is 13.0. The number of halogens is 1. The fourth-order valence-electron chi connectivity index (χ4n) is 5.17. The molecule has 0 spiro atoms. The molecule has 2 aromatic carbocycles. The van der Waals surface area contributed by atoms with Gasteiger partial charge in [0.25, 0.3) is 5.91 Å². The zero-order valence-electron chi connectivity index (χ0n) is 16.1. The maximum absolute atomic E-state index is 13.0. The van der Waals surface area contributed by atoms with Crippen molar-refractivity contribution in [2.24, 2.45) is 23.7 Å². The first kappa shape index (κ1) is 19.3. The van der Waals surface area contributed by atoms with Gasteiger partial charge in [0, 0.05) is 23.7 Å². The first-order valence-corrected chi connectivity index (χ1v) is 11.0. The Bertz CT molecular complexity index is 1010. The van der Waals surface area contributed by atoms with Gasteiger partial charge in [0.1, 0.15) is 6.10 Å². The number of amides is 2. The molecule has 7 heteroatoms. The predicted molar refractivity (Wildman–Crippen MR) is 114 cm³/mol. The van der Waals surface area contributed by atoms with Gasteiger partial charge in [0.05, 0.1) is 16.7 Å². The van der Waals surface area contributed by atoms with Crippen LogP contribution in [0.3, 0.4) is 0 Å². The third kappa shape index (κ3) is 3.21. The number of hydrogen-bond donors (Lipinski definition) is 2. The van der Waals surface area contributed by atoms with Crippen molar-refractivity contribution in [1.82, 2.24) is 5.32 Å². The van der Waals surface area contributed by atoms with Gasteiger partial charge >= 0.3 is 5.97 Å². The van der Waals surface area contributed by atoms with Gasteiger partial charge in [-0.25, -0.2) is 0 Å². The number of carbonyl (C=O) groups is 3. The first-order chi connectivity index (χ1) is 14.5. The van der Waals surface area contributed by atoms with Crippen LogP contribution in [-0.4, -0.2) is 28.7 Å². The number of benzene rings is 2. The molecule has 0 radical (unpaired) electrons. The summed E-state index contributed by atoms with van der Waals surface area (Å²) in [6.07, 6.45) is 0.727. The smallest absolute Gasteiger partial charge is 0.310 e. The van der Waals surface area contributed by atoms with E-state index in [1.807, 2.05) is 30.3 Å². The lowest BCUT2D eigenvalue weighted by molar-refractivity contribution is -0.145. The number of alkyl halides is 1. The quantitative estimate of drug-likeness (QED) is 0.521. The summed E-state index contributed by atoms with van der Waals surface area (Å²) in [5.74, 6) is -1.20. The number of esters is 1. The Morgan fingerprint density at radius 1 is 1.07 bits per heavy atom. The summed E-state index contributed by atoms with van der Waals surface area (Å²) in [4.78, 5) is 37.8. The summed E-state index contributed by atoms with van der Waals surface area (Å²) in [6, 6.07) is 16.5. The highest BCUT2D eigenvalue weighted by Gasteiger charge is 2.67. The van der Waals surface area contributed by atoms with Crippen molar-refractivity contribution in [3.05, 3.63) is 65.7 Å². The van der Waals surface area contributed by atoms with E-state index in [0.717, 1.165) is 12.0 Å². The molecule has 0 aromatic heterocycles. The lowest BCUT2D eigenvalue weighted by Gasteiger charge is -2.27. The van der Waals surface area contributed by atoms with Crippen LogP contribution in [0.15, 0.2) is 54.6 Å². The summed E-state index contributed by atoms with van der Waals surface area (Å²) in [6.45, 7) is 0.430. The summed E-state index contributed by atoms with van der Waals surface area (Å²) in [7, 11) is 0. The van der Waals surface area contributed by atoms with Crippen LogP contribution in [0.25, 0.3) is 0 Å². The molecule has 3 fully saturated rings. The molecule has 3 aliphatic rings. The van der Waals surface area contributed by atoms with Crippen molar-refractivity contribution in [2.45, 2.75) is 23.9 Å². The number of anilines is 1.